The van der Waals surface area contributed by atoms with E-state index in [1.54, 1.807) is 97.1 Å². The minimum absolute atomic E-state index is 0.101. The van der Waals surface area contributed by atoms with Crippen LogP contribution in [-0.2, 0) is 44.6 Å². The smallest absolute Gasteiger partial charge is 0.296 e. The van der Waals surface area contributed by atoms with E-state index >= 15 is 0 Å². The Bertz CT molecular complexity index is 6910. The molecule has 4 N–H and O–H groups in total. The number of morpholine rings is 4. The minimum Gasteiger partial charge on any atom is -0.378 e. The average molecular weight is 1970 g/mol. The van der Waals surface area contributed by atoms with E-state index in [0.29, 0.717) is 197 Å². The lowest BCUT2D eigenvalue weighted by molar-refractivity contribution is 0.122. The van der Waals surface area contributed by atoms with Gasteiger partial charge in [-0.15, -0.1) is 0 Å². The lowest BCUT2D eigenvalue weighted by atomic mass is 9.92. The summed E-state index contributed by atoms with van der Waals surface area (Å²) in [6.45, 7) is 33.9. The minimum atomic E-state index is -2.80. The third kappa shape index (κ3) is 24.8. The van der Waals surface area contributed by atoms with E-state index in [4.69, 9.17) is 18.9 Å². The molecule has 0 saturated carbocycles. The highest BCUT2D eigenvalue weighted by Gasteiger charge is 2.35. The molecule has 752 valence electrons. The first kappa shape index (κ1) is 101. The summed E-state index contributed by atoms with van der Waals surface area (Å²) in [5.74, 6) is 1.71. The summed E-state index contributed by atoms with van der Waals surface area (Å²) in [7, 11) is 0. The topological polar surface area (TPSA) is 324 Å². The number of anilines is 8. The van der Waals surface area contributed by atoms with Crippen molar-refractivity contribution in [1.29, 1.82) is 0 Å². The number of imidazole rings is 4. The van der Waals surface area contributed by atoms with Gasteiger partial charge in [-0.1, -0.05) is 162 Å². The molecule has 12 heterocycles. The molecule has 4 aliphatic rings. The van der Waals surface area contributed by atoms with Crippen LogP contribution in [0.4, 0.5) is 82.7 Å². The highest BCUT2D eigenvalue weighted by molar-refractivity contribution is 5.81. The number of alkyl halides is 8. The van der Waals surface area contributed by atoms with Gasteiger partial charge < -0.3 is 59.8 Å². The Hall–Kier alpha value is -14.6. The molecule has 4 fully saturated rings. The number of ether oxygens (including phenoxy) is 4. The molecule has 0 spiro atoms. The Balaban J connectivity index is 0.000000132. The fourth-order valence-electron chi connectivity index (χ4n) is 17.8. The molecule has 0 radical (unpaired) electrons. The van der Waals surface area contributed by atoms with Gasteiger partial charge in [0.15, 0.2) is 23.3 Å². The van der Waals surface area contributed by atoms with Gasteiger partial charge in [-0.05, 0) is 185 Å². The second-order valence-electron chi connectivity index (χ2n) is 38.4. The van der Waals surface area contributed by atoms with Gasteiger partial charge in [0.25, 0.3) is 25.7 Å². The molecule has 4 saturated heterocycles. The zero-order valence-corrected chi connectivity index (χ0v) is 82.3. The second-order valence-corrected chi connectivity index (χ2v) is 38.4. The number of rotatable bonds is 28. The molecule has 0 aliphatic carbocycles. The molecule has 0 atom stereocenters. The molecule has 144 heavy (non-hydrogen) atoms. The van der Waals surface area contributed by atoms with Gasteiger partial charge in [-0.2, -0.15) is 59.8 Å². The highest BCUT2D eigenvalue weighted by atomic mass is 19.3. The predicted octanol–water partition coefficient (Wildman–Crippen LogP) is 18.9. The van der Waals surface area contributed by atoms with Crippen molar-refractivity contribution in [1.82, 2.24) is 98.0 Å². The Morgan fingerprint density at radius 3 is 0.778 bits per heavy atom. The van der Waals surface area contributed by atoms with Crippen LogP contribution in [0.15, 0.2) is 194 Å². The van der Waals surface area contributed by atoms with Crippen molar-refractivity contribution < 1.29 is 54.1 Å². The number of benzene rings is 8. The van der Waals surface area contributed by atoms with Crippen LogP contribution in [0.3, 0.4) is 0 Å². The normalized spacial score (nSPS) is 14.6. The van der Waals surface area contributed by atoms with Gasteiger partial charge in [0.05, 0.1) is 97.0 Å². The van der Waals surface area contributed by atoms with E-state index in [0.717, 1.165) is 25.7 Å². The summed E-state index contributed by atoms with van der Waals surface area (Å²) in [5.41, 5.74) is 11.7. The maximum atomic E-state index is 14.1. The van der Waals surface area contributed by atoms with E-state index in [1.807, 2.05) is 43.9 Å². The second kappa shape index (κ2) is 44.1. The average Bonchev–Trinajstić information content (AvgIpc) is 1.62. The molecule has 0 unspecified atom stereocenters. The third-order valence-corrected chi connectivity index (χ3v) is 24.5. The van der Waals surface area contributed by atoms with Crippen molar-refractivity contribution >= 4 is 91.7 Å². The highest BCUT2D eigenvalue weighted by Crippen LogP contribution is 2.37. The molecule has 32 nitrogen and oxygen atoms in total. The quantitative estimate of drug-likeness (QED) is 0.0331. The van der Waals surface area contributed by atoms with Crippen LogP contribution in [-0.4, -0.2) is 225 Å². The van der Waals surface area contributed by atoms with E-state index in [9.17, 15) is 35.1 Å². The van der Waals surface area contributed by atoms with Crippen molar-refractivity contribution in [2.24, 2.45) is 0 Å². The van der Waals surface area contributed by atoms with Crippen LogP contribution in [0.2, 0.25) is 0 Å². The summed E-state index contributed by atoms with van der Waals surface area (Å²) < 4.78 is 140. The number of aromatic nitrogens is 20. The first-order valence-corrected chi connectivity index (χ1v) is 47.9. The first-order chi connectivity index (χ1) is 69.2. The number of aryl methyl sites for hydroxylation is 4. The SMILES string of the molecule is Cc1ccc(CC(C)(C)Nc2nc(N3CCOCC3)nc(-n3c(C(F)F)nc4ccccc43)n2)cc1.Cc1cccc(CC(C)(C)Nc2nc(N3CCOCC3)nc(-n3c(C(F)F)nc4ccccc43)n2)c1.Cc1cccc(CC(C)(C)Nc2nc(N3CCOCC3)nc(-n3c(C(F)F)nc4ccccc43)n2)c1.Cc1ccccc1CC(C)(C)Nc1nc(N2CCOCC2)nc(-n2c(C(F)F)nc3ccccc32)n1. The lowest BCUT2D eigenvalue weighted by Gasteiger charge is -2.30. The number of hydrogen-bond donors (Lipinski definition) is 4. The van der Waals surface area contributed by atoms with Crippen molar-refractivity contribution in [3.05, 3.63) is 262 Å². The van der Waals surface area contributed by atoms with Gasteiger partial charge >= 0.3 is 0 Å². The Labute approximate surface area is 828 Å². The van der Waals surface area contributed by atoms with Crippen molar-refractivity contribution in [3.63, 3.8) is 0 Å². The Kier molecular flexibility index (Phi) is 30.9. The predicted molar refractivity (Wildman–Crippen MR) is 540 cm³/mol. The Morgan fingerprint density at radius 1 is 0.257 bits per heavy atom. The number of nitrogens with zero attached hydrogens (tertiary/aromatic N) is 24. The van der Waals surface area contributed by atoms with Crippen molar-refractivity contribution in [3.8, 4) is 23.8 Å². The molecule has 20 rings (SSSR count). The summed E-state index contributed by atoms with van der Waals surface area (Å²) in [5, 5.41) is 13.7. The van der Waals surface area contributed by atoms with Gasteiger partial charge in [0.1, 0.15) is 0 Å². The van der Waals surface area contributed by atoms with Crippen LogP contribution in [0.25, 0.3) is 67.9 Å². The zero-order valence-electron chi connectivity index (χ0n) is 82.3. The fourth-order valence-corrected chi connectivity index (χ4v) is 17.8. The maximum absolute atomic E-state index is 14.1. The first-order valence-electron chi connectivity index (χ1n) is 47.9. The summed E-state index contributed by atoms with van der Waals surface area (Å²) in [6, 6.07) is 61.2. The van der Waals surface area contributed by atoms with Crippen LogP contribution in [0.5, 0.6) is 0 Å². The standard InChI is InChI=1S/4C26H29F2N7O/c2*1-17-7-6-8-18(15-17)16-26(2,3)33-23-30-24(34-11-13-36-14-12-34)32-25(31-23)35-20-10-5-4-9-19(20)29-22(35)21(27)28;1-17-8-4-5-9-18(17)16-26(2,3)33-23-30-24(34-12-14-36-15-13-34)32-25(31-23)35-20-11-7-6-10-19(20)29-22(35)21(27)28;1-17-8-10-18(11-9-17)16-26(2,3)33-23-30-24(34-12-14-36-15-13-34)32-25(31-23)35-20-7-5-4-6-19(20)29-22(35)21(27)28/h2*4-10,15,21H,11-14,16H2,1-3H3,(H,30,31,32,33);2*4-11,21H,12-16H2,1-3H3,(H,30,31,32,33). The number of para-hydroxylation sites is 8. The van der Waals surface area contributed by atoms with E-state index in [1.165, 1.54) is 62.8 Å². The van der Waals surface area contributed by atoms with E-state index in [2.05, 4.69) is 257 Å². The zero-order chi connectivity index (χ0) is 101. The van der Waals surface area contributed by atoms with Crippen LogP contribution >= 0.6 is 0 Å². The number of halogens is 8. The van der Waals surface area contributed by atoms with Crippen molar-refractivity contribution in [2.45, 2.75) is 157 Å². The van der Waals surface area contributed by atoms with Crippen LogP contribution in [0.1, 0.15) is 149 Å². The Morgan fingerprint density at radius 2 is 0.507 bits per heavy atom. The van der Waals surface area contributed by atoms with E-state index in [-0.39, 0.29) is 23.8 Å². The maximum Gasteiger partial charge on any atom is 0.296 e. The molecule has 4 aliphatic heterocycles. The molecule has 0 amide bonds. The monoisotopic (exact) mass is 1970 g/mol. The summed E-state index contributed by atoms with van der Waals surface area (Å²) in [4.78, 5) is 80.2. The number of nitrogens with one attached hydrogen (secondary N) is 4. The van der Waals surface area contributed by atoms with Crippen LogP contribution in [0, 0.1) is 27.7 Å². The van der Waals surface area contributed by atoms with Gasteiger partial charge in [-0.3, -0.25) is 18.3 Å². The number of hydrogen-bond acceptors (Lipinski definition) is 28. The van der Waals surface area contributed by atoms with Crippen molar-refractivity contribution in [2.75, 3.05) is 146 Å². The molecule has 16 aromatic rings. The molecule has 0 bridgehead atoms. The molecular weight excluding hydrogens is 1860 g/mol. The molecule has 40 heteroatoms. The largest absolute Gasteiger partial charge is 0.378 e. The van der Waals surface area contributed by atoms with E-state index < -0.39 is 71.2 Å². The fraction of sp³-hybridized carbons (Fsp3) is 0.385. The lowest BCUT2D eigenvalue weighted by Crippen LogP contribution is -2.39. The summed E-state index contributed by atoms with van der Waals surface area (Å²) in [6.07, 6.45) is -8.30. The van der Waals surface area contributed by atoms with Gasteiger partial charge in [0.2, 0.25) is 71.4 Å². The molecule has 8 aromatic heterocycles. The van der Waals surface area contributed by atoms with Gasteiger partial charge in [-0.25, -0.2) is 55.1 Å². The van der Waals surface area contributed by atoms with Crippen LogP contribution < -0.4 is 40.9 Å². The summed E-state index contributed by atoms with van der Waals surface area (Å²) >= 11 is 0. The molecule has 8 aromatic carbocycles. The number of fused-ring (bicyclic) bond motifs is 4. The van der Waals surface area contributed by atoms with Gasteiger partial charge in [0, 0.05) is 74.5 Å². The third-order valence-electron chi connectivity index (χ3n) is 24.5. The molecular formula is C104H116F8N28O4.